The third kappa shape index (κ3) is 3.84. The molecule has 6 nitrogen and oxygen atoms in total. The lowest BCUT2D eigenvalue weighted by molar-refractivity contribution is -0.153. The van der Waals surface area contributed by atoms with Gasteiger partial charge in [0, 0.05) is 34.2 Å². The van der Waals surface area contributed by atoms with Gasteiger partial charge in [0.15, 0.2) is 5.70 Å². The highest BCUT2D eigenvalue weighted by Gasteiger charge is 2.56. The van der Waals surface area contributed by atoms with E-state index in [0.29, 0.717) is 23.6 Å². The number of aliphatic hydroxyl groups excluding tert-OH is 1. The van der Waals surface area contributed by atoms with Gasteiger partial charge in [0.05, 0.1) is 15.5 Å². The summed E-state index contributed by atoms with van der Waals surface area (Å²) in [6, 6.07) is 0. The largest absolute Gasteiger partial charge is 0.457 e. The molecule has 3 rings (SSSR count). The van der Waals surface area contributed by atoms with Crippen LogP contribution in [0.2, 0.25) is 0 Å². The zero-order chi connectivity index (χ0) is 18.0. The summed E-state index contributed by atoms with van der Waals surface area (Å²) in [7, 11) is -0.791. The first-order valence-corrected chi connectivity index (χ1v) is 11.5. The maximum Gasteiger partial charge on any atom is 0.357 e. The van der Waals surface area contributed by atoms with Crippen molar-refractivity contribution >= 4 is 46.2 Å². The van der Waals surface area contributed by atoms with E-state index in [2.05, 4.69) is 0 Å². The Kier molecular flexibility index (Phi) is 6.30. The minimum atomic E-state index is -0.791. The van der Waals surface area contributed by atoms with Crippen molar-refractivity contribution in [3.63, 3.8) is 0 Å². The highest BCUT2D eigenvalue weighted by atomic mass is 32.2. The van der Waals surface area contributed by atoms with Crippen LogP contribution in [0.1, 0.15) is 19.8 Å². The molecule has 0 aromatic carbocycles. The van der Waals surface area contributed by atoms with Crippen molar-refractivity contribution in [3.05, 3.63) is 22.1 Å². The standard InChI is InChI=1S/C16H21NO5S3/c1-2-3-7-22-15(20)12-16(23-10-5-8-25(21)9-10)24-14-11(4-6-18)13(19)17(12)14/h2-3,10-11,14,18H,4-9H2,1H3/t10-,11-,14+,25+/m0/s1. The van der Waals surface area contributed by atoms with Crippen LogP contribution < -0.4 is 0 Å². The number of ether oxygens (including phenoxy) is 1. The molecule has 0 unspecified atom stereocenters. The van der Waals surface area contributed by atoms with E-state index < -0.39 is 16.8 Å². The van der Waals surface area contributed by atoms with Crippen molar-refractivity contribution in [2.75, 3.05) is 24.7 Å². The predicted octanol–water partition coefficient (Wildman–Crippen LogP) is 1.44. The molecule has 1 N–H and O–H groups in total. The summed E-state index contributed by atoms with van der Waals surface area (Å²) in [5.74, 6) is 0.425. The van der Waals surface area contributed by atoms with E-state index in [9.17, 15) is 13.8 Å². The molecule has 3 aliphatic heterocycles. The summed E-state index contributed by atoms with van der Waals surface area (Å²) in [4.78, 5) is 26.4. The molecule has 0 spiro atoms. The first kappa shape index (κ1) is 19.0. The maximum absolute atomic E-state index is 12.5. The lowest BCUT2D eigenvalue weighted by atomic mass is 9.94. The van der Waals surface area contributed by atoms with Crippen LogP contribution in [0.5, 0.6) is 0 Å². The molecular weight excluding hydrogens is 382 g/mol. The molecule has 1 amide bonds. The summed E-state index contributed by atoms with van der Waals surface area (Å²) in [5.41, 5.74) is 0.321. The van der Waals surface area contributed by atoms with Crippen LogP contribution in [-0.4, -0.2) is 61.4 Å². The first-order valence-electron chi connectivity index (χ1n) is 8.21. The van der Waals surface area contributed by atoms with E-state index in [1.165, 1.54) is 28.4 Å². The summed E-state index contributed by atoms with van der Waals surface area (Å²) in [5, 5.41) is 9.21. The van der Waals surface area contributed by atoms with Crippen molar-refractivity contribution in [3.8, 4) is 0 Å². The number of hydrogen-bond donors (Lipinski definition) is 1. The number of esters is 1. The summed E-state index contributed by atoms with van der Waals surface area (Å²) < 4.78 is 17.7. The third-order valence-corrected chi connectivity index (χ3v) is 8.89. The van der Waals surface area contributed by atoms with Crippen molar-refractivity contribution in [2.24, 2.45) is 5.92 Å². The van der Waals surface area contributed by atoms with Gasteiger partial charge in [-0.2, -0.15) is 0 Å². The molecule has 0 aliphatic carbocycles. The second kappa shape index (κ2) is 8.28. The number of allylic oxidation sites excluding steroid dienone is 1. The lowest BCUT2D eigenvalue weighted by Gasteiger charge is -2.42. The Balaban J connectivity index is 1.77. The molecule has 0 aromatic heterocycles. The van der Waals surface area contributed by atoms with Gasteiger partial charge < -0.3 is 9.84 Å². The number of amides is 1. The fourth-order valence-corrected chi connectivity index (χ4v) is 8.17. The Morgan fingerprint density at radius 1 is 1.56 bits per heavy atom. The van der Waals surface area contributed by atoms with Gasteiger partial charge >= 0.3 is 5.97 Å². The number of carbonyl (C=O) groups excluding carboxylic acids is 2. The Hall–Kier alpha value is -0.770. The van der Waals surface area contributed by atoms with Crippen LogP contribution in [0.25, 0.3) is 0 Å². The molecule has 0 bridgehead atoms. The van der Waals surface area contributed by atoms with E-state index in [-0.39, 0.29) is 35.7 Å². The van der Waals surface area contributed by atoms with E-state index in [1.54, 1.807) is 12.2 Å². The van der Waals surface area contributed by atoms with E-state index in [1.807, 2.05) is 6.92 Å². The quantitative estimate of drug-likeness (QED) is 0.391. The minimum Gasteiger partial charge on any atom is -0.457 e. The average molecular weight is 404 g/mol. The van der Waals surface area contributed by atoms with Crippen LogP contribution in [0.4, 0.5) is 0 Å². The smallest absolute Gasteiger partial charge is 0.357 e. The zero-order valence-electron chi connectivity index (χ0n) is 13.9. The molecule has 3 aliphatic rings. The van der Waals surface area contributed by atoms with E-state index in [4.69, 9.17) is 9.84 Å². The van der Waals surface area contributed by atoms with Gasteiger partial charge in [-0.3, -0.25) is 13.9 Å². The summed E-state index contributed by atoms with van der Waals surface area (Å²) in [6.07, 6.45) is 4.78. The van der Waals surface area contributed by atoms with Crippen LogP contribution in [-0.2, 0) is 25.1 Å². The number of hydrogen-bond acceptors (Lipinski definition) is 7. The number of fused-ring (bicyclic) bond motifs is 1. The highest BCUT2D eigenvalue weighted by Crippen LogP contribution is 2.55. The molecule has 2 saturated heterocycles. The maximum atomic E-state index is 12.5. The molecule has 2 fully saturated rings. The van der Waals surface area contributed by atoms with E-state index >= 15 is 0 Å². The van der Waals surface area contributed by atoms with Crippen LogP contribution in [0, 0.1) is 5.92 Å². The Morgan fingerprint density at radius 3 is 3.00 bits per heavy atom. The van der Waals surface area contributed by atoms with Gasteiger partial charge in [-0.1, -0.05) is 23.9 Å². The molecule has 4 atom stereocenters. The second-order valence-electron chi connectivity index (χ2n) is 5.98. The Morgan fingerprint density at radius 2 is 2.36 bits per heavy atom. The van der Waals surface area contributed by atoms with Crippen LogP contribution in [0.3, 0.4) is 0 Å². The van der Waals surface area contributed by atoms with Crippen molar-refractivity contribution in [1.29, 1.82) is 0 Å². The number of carbonyl (C=O) groups is 2. The highest BCUT2D eigenvalue weighted by molar-refractivity contribution is 8.23. The van der Waals surface area contributed by atoms with Crippen molar-refractivity contribution in [1.82, 2.24) is 4.90 Å². The molecule has 3 heterocycles. The van der Waals surface area contributed by atoms with Gasteiger partial charge in [0.1, 0.15) is 6.61 Å². The Bertz CT molecular complexity index is 648. The molecule has 138 valence electrons. The van der Waals surface area contributed by atoms with E-state index in [0.717, 1.165) is 10.7 Å². The van der Waals surface area contributed by atoms with Gasteiger partial charge in [-0.15, -0.1) is 11.8 Å². The average Bonchev–Trinajstić information content (AvgIpc) is 3.14. The molecule has 0 radical (unpaired) electrons. The van der Waals surface area contributed by atoms with Crippen molar-refractivity contribution < 1.29 is 23.6 Å². The topological polar surface area (TPSA) is 83.9 Å². The zero-order valence-corrected chi connectivity index (χ0v) is 16.3. The summed E-state index contributed by atoms with van der Waals surface area (Å²) in [6.45, 7) is 1.96. The fourth-order valence-electron chi connectivity index (χ4n) is 3.00. The van der Waals surface area contributed by atoms with Gasteiger partial charge in [-0.05, 0) is 19.8 Å². The second-order valence-corrected chi connectivity index (χ2v) is 10.3. The fraction of sp³-hybridized carbons (Fsp3) is 0.625. The van der Waals surface area contributed by atoms with Gasteiger partial charge in [-0.25, -0.2) is 4.79 Å². The number of nitrogens with zero attached hydrogens (tertiary/aromatic N) is 1. The van der Waals surface area contributed by atoms with Crippen LogP contribution in [0.15, 0.2) is 22.1 Å². The first-order chi connectivity index (χ1) is 12.1. The molecule has 0 saturated carbocycles. The lowest BCUT2D eigenvalue weighted by Crippen LogP contribution is -2.57. The minimum absolute atomic E-state index is 0.0491. The number of aliphatic hydroxyl groups is 1. The predicted molar refractivity (Wildman–Crippen MR) is 100 cm³/mol. The normalized spacial score (nSPS) is 31.6. The van der Waals surface area contributed by atoms with Gasteiger partial charge in [0.2, 0.25) is 5.91 Å². The SMILES string of the molecule is CC=CCOC(=O)C1=C(S[C@H]2CC[S@@](=O)C2)S[C@@H]2[C@@H](CCO)C(=O)N12. The van der Waals surface area contributed by atoms with Crippen LogP contribution >= 0.6 is 23.5 Å². The molecule has 25 heavy (non-hydrogen) atoms. The number of rotatable bonds is 7. The third-order valence-electron chi connectivity index (χ3n) is 4.31. The monoisotopic (exact) mass is 403 g/mol. The molecular formula is C16H21NO5S3. The Labute approximate surface area is 157 Å². The molecule has 0 aromatic rings. The number of β-lactam (4-membered cyclic amide) rings is 1. The van der Waals surface area contributed by atoms with Crippen molar-refractivity contribution in [2.45, 2.75) is 30.4 Å². The number of thioether (sulfide) groups is 2. The van der Waals surface area contributed by atoms with Gasteiger partial charge in [0.25, 0.3) is 0 Å². The summed E-state index contributed by atoms with van der Waals surface area (Å²) >= 11 is 3.03. The molecule has 9 heteroatoms.